The highest BCUT2D eigenvalue weighted by Crippen LogP contribution is 2.29. The highest BCUT2D eigenvalue weighted by atomic mass is 79.9. The lowest BCUT2D eigenvalue weighted by Gasteiger charge is -2.06. The number of halogens is 3. The van der Waals surface area contributed by atoms with Gasteiger partial charge in [0.15, 0.2) is 0 Å². The summed E-state index contributed by atoms with van der Waals surface area (Å²) in [6, 6.07) is 6.51. The predicted octanol–water partition coefficient (Wildman–Crippen LogP) is 3.70. The normalized spacial score (nSPS) is 11.3. The highest BCUT2D eigenvalue weighted by Gasteiger charge is 2.11. The van der Waals surface area contributed by atoms with Crippen LogP contribution in [0.3, 0.4) is 0 Å². The average molecular weight is 367 g/mol. The van der Waals surface area contributed by atoms with Crippen molar-refractivity contribution in [1.82, 2.24) is 4.98 Å². The van der Waals surface area contributed by atoms with Gasteiger partial charge in [-0.15, -0.1) is 0 Å². The number of aromatic nitrogens is 1. The number of hydrogen-bond donors (Lipinski definition) is 0. The van der Waals surface area contributed by atoms with E-state index in [0.717, 1.165) is 6.20 Å². The molecule has 0 aliphatic carbocycles. The second-order valence-electron chi connectivity index (χ2n) is 3.45. The molecule has 0 aliphatic rings. The molecule has 8 heteroatoms. The smallest absolute Gasteiger partial charge is 0.262 e. The van der Waals surface area contributed by atoms with E-state index in [9.17, 15) is 12.8 Å². The first-order valence-corrected chi connectivity index (χ1v) is 8.00. The molecule has 1 aromatic heterocycles. The van der Waals surface area contributed by atoms with Gasteiger partial charge in [-0.25, -0.2) is 17.8 Å². The lowest BCUT2D eigenvalue weighted by atomic mass is 10.3. The Morgan fingerprint density at radius 2 is 2.00 bits per heavy atom. The summed E-state index contributed by atoms with van der Waals surface area (Å²) >= 11 is 3.20. The van der Waals surface area contributed by atoms with E-state index in [0.29, 0.717) is 4.47 Å². The molecular formula is C11H6BrClFNO3S. The zero-order valence-electron chi connectivity index (χ0n) is 9.18. The van der Waals surface area contributed by atoms with E-state index in [-0.39, 0.29) is 16.5 Å². The van der Waals surface area contributed by atoms with E-state index in [1.165, 1.54) is 30.3 Å². The topological polar surface area (TPSA) is 56.3 Å². The Bertz CT molecular complexity index is 706. The van der Waals surface area contributed by atoms with Crippen LogP contribution in [-0.2, 0) is 9.05 Å². The molecule has 0 aliphatic heterocycles. The molecule has 0 atom stereocenters. The molecule has 4 nitrogen and oxygen atoms in total. The SMILES string of the molecule is O=S(=O)(Cl)c1ccc(Oc2cc(F)ccc2Br)nc1. The molecule has 19 heavy (non-hydrogen) atoms. The molecule has 0 amide bonds. The first-order chi connectivity index (χ1) is 8.86. The Kier molecular flexibility index (Phi) is 4.07. The van der Waals surface area contributed by atoms with Crippen LogP contribution in [-0.4, -0.2) is 13.4 Å². The molecule has 0 saturated heterocycles. The summed E-state index contributed by atoms with van der Waals surface area (Å²) < 4.78 is 41.0. The molecular weight excluding hydrogens is 361 g/mol. The largest absolute Gasteiger partial charge is 0.438 e. The van der Waals surface area contributed by atoms with Gasteiger partial charge in [0, 0.05) is 22.8 Å². The number of benzene rings is 1. The van der Waals surface area contributed by atoms with Crippen LogP contribution in [0.1, 0.15) is 0 Å². The zero-order valence-corrected chi connectivity index (χ0v) is 12.3. The standard InChI is InChI=1S/C11H6BrClFNO3S/c12-9-3-1-7(14)5-10(9)18-11-4-2-8(6-15-11)19(13,16)17/h1-6H. The van der Waals surface area contributed by atoms with E-state index in [4.69, 9.17) is 15.4 Å². The van der Waals surface area contributed by atoms with Crippen molar-refractivity contribution in [2.24, 2.45) is 0 Å². The fraction of sp³-hybridized carbons (Fsp3) is 0. The van der Waals surface area contributed by atoms with Crippen molar-refractivity contribution >= 4 is 35.7 Å². The summed E-state index contributed by atoms with van der Waals surface area (Å²) in [5.74, 6) is -0.109. The van der Waals surface area contributed by atoms with Crippen LogP contribution in [0.5, 0.6) is 11.6 Å². The second-order valence-corrected chi connectivity index (χ2v) is 6.87. The molecule has 100 valence electrons. The Hall–Kier alpha value is -1.18. The van der Waals surface area contributed by atoms with Crippen molar-refractivity contribution in [3.05, 3.63) is 46.8 Å². The first-order valence-electron chi connectivity index (χ1n) is 4.90. The van der Waals surface area contributed by atoms with Gasteiger partial charge in [0.25, 0.3) is 9.05 Å². The summed E-state index contributed by atoms with van der Waals surface area (Å²) in [5.41, 5.74) is 0. The number of hydrogen-bond acceptors (Lipinski definition) is 4. The maximum atomic E-state index is 13.1. The van der Waals surface area contributed by atoms with Gasteiger partial charge in [-0.3, -0.25) is 0 Å². The minimum absolute atomic E-state index is 0.121. The van der Waals surface area contributed by atoms with Gasteiger partial charge < -0.3 is 4.74 Å². The van der Waals surface area contributed by atoms with Gasteiger partial charge in [-0.05, 0) is 34.1 Å². The number of rotatable bonds is 3. The molecule has 0 saturated carbocycles. The Morgan fingerprint density at radius 3 is 2.58 bits per heavy atom. The van der Waals surface area contributed by atoms with Crippen molar-refractivity contribution in [1.29, 1.82) is 0 Å². The van der Waals surface area contributed by atoms with Crippen molar-refractivity contribution in [2.45, 2.75) is 4.90 Å². The quantitative estimate of drug-likeness (QED) is 0.777. The summed E-state index contributed by atoms with van der Waals surface area (Å²) in [6.45, 7) is 0. The van der Waals surface area contributed by atoms with Crippen LogP contribution < -0.4 is 4.74 Å². The summed E-state index contributed by atoms with van der Waals surface area (Å²) in [6.07, 6.45) is 1.06. The molecule has 2 rings (SSSR count). The van der Waals surface area contributed by atoms with Gasteiger partial charge >= 0.3 is 0 Å². The third-order valence-corrected chi connectivity index (χ3v) is 4.09. The van der Waals surface area contributed by atoms with Crippen LogP contribution in [0.25, 0.3) is 0 Å². The minimum Gasteiger partial charge on any atom is -0.438 e. The van der Waals surface area contributed by atoms with Crippen LogP contribution in [0.15, 0.2) is 45.9 Å². The van der Waals surface area contributed by atoms with Crippen molar-refractivity contribution in [2.75, 3.05) is 0 Å². The molecule has 0 fully saturated rings. The van der Waals surface area contributed by atoms with Crippen molar-refractivity contribution in [3.63, 3.8) is 0 Å². The van der Waals surface area contributed by atoms with Gasteiger partial charge in [0.2, 0.25) is 5.88 Å². The molecule has 2 aromatic rings. The Labute approximate surface area is 121 Å². The van der Waals surface area contributed by atoms with Crippen LogP contribution in [0.2, 0.25) is 0 Å². The number of pyridine rings is 1. The van der Waals surface area contributed by atoms with Gasteiger partial charge in [-0.1, -0.05) is 0 Å². The molecule has 0 N–H and O–H groups in total. The lowest BCUT2D eigenvalue weighted by Crippen LogP contribution is -1.94. The molecule has 0 radical (unpaired) electrons. The fourth-order valence-corrected chi connectivity index (χ4v) is 2.25. The Balaban J connectivity index is 2.27. The minimum atomic E-state index is -3.82. The van der Waals surface area contributed by atoms with E-state index < -0.39 is 14.9 Å². The van der Waals surface area contributed by atoms with Crippen molar-refractivity contribution < 1.29 is 17.5 Å². The maximum Gasteiger partial charge on any atom is 0.262 e. The Morgan fingerprint density at radius 1 is 1.26 bits per heavy atom. The van der Waals surface area contributed by atoms with Gasteiger partial charge in [0.05, 0.1) is 10.7 Å². The van der Waals surface area contributed by atoms with Crippen molar-refractivity contribution in [3.8, 4) is 11.6 Å². The van der Waals surface area contributed by atoms with Crippen LogP contribution in [0.4, 0.5) is 4.39 Å². The molecule has 1 aromatic carbocycles. The maximum absolute atomic E-state index is 13.1. The average Bonchev–Trinajstić information content (AvgIpc) is 2.33. The fourth-order valence-electron chi connectivity index (χ4n) is 1.24. The van der Waals surface area contributed by atoms with Gasteiger partial charge in [0.1, 0.15) is 16.5 Å². The summed E-state index contributed by atoms with van der Waals surface area (Å²) in [7, 11) is 1.33. The molecule has 0 unspecified atom stereocenters. The monoisotopic (exact) mass is 365 g/mol. The van der Waals surface area contributed by atoms with E-state index >= 15 is 0 Å². The van der Waals surface area contributed by atoms with E-state index in [2.05, 4.69) is 20.9 Å². The van der Waals surface area contributed by atoms with Crippen LogP contribution >= 0.6 is 26.6 Å². The summed E-state index contributed by atoms with van der Waals surface area (Å²) in [4.78, 5) is 3.64. The zero-order chi connectivity index (χ0) is 14.0. The molecule has 0 spiro atoms. The third kappa shape index (κ3) is 3.65. The third-order valence-electron chi connectivity index (χ3n) is 2.10. The highest BCUT2D eigenvalue weighted by molar-refractivity contribution is 9.10. The van der Waals surface area contributed by atoms with E-state index in [1.807, 2.05) is 0 Å². The first kappa shape index (κ1) is 14.2. The second kappa shape index (κ2) is 5.44. The molecule has 1 heterocycles. The predicted molar refractivity (Wildman–Crippen MR) is 71.4 cm³/mol. The molecule has 0 bridgehead atoms. The number of nitrogens with zero attached hydrogens (tertiary/aromatic N) is 1. The number of ether oxygens (including phenoxy) is 1. The van der Waals surface area contributed by atoms with E-state index in [1.54, 1.807) is 0 Å². The van der Waals surface area contributed by atoms with Crippen LogP contribution in [0, 0.1) is 5.82 Å². The lowest BCUT2D eigenvalue weighted by molar-refractivity contribution is 0.454. The summed E-state index contributed by atoms with van der Waals surface area (Å²) in [5, 5.41) is 0. The van der Waals surface area contributed by atoms with Gasteiger partial charge in [-0.2, -0.15) is 0 Å².